The fourth-order valence-electron chi connectivity index (χ4n) is 2.19. The van der Waals surface area contributed by atoms with E-state index in [0.29, 0.717) is 6.54 Å². The molecule has 0 saturated carbocycles. The Labute approximate surface area is 106 Å². The number of nitrogens with zero attached hydrogens (tertiary/aromatic N) is 2. The highest BCUT2D eigenvalue weighted by molar-refractivity contribution is 5.67. The Bertz CT molecular complexity index is 412. The quantitative estimate of drug-likeness (QED) is 0.847. The number of rotatable bonds is 6. The van der Waals surface area contributed by atoms with Gasteiger partial charge in [-0.3, -0.25) is 14.7 Å². The van der Waals surface area contributed by atoms with Gasteiger partial charge in [-0.15, -0.1) is 0 Å². The third-order valence-electron chi connectivity index (χ3n) is 3.11. The second-order valence-electron chi connectivity index (χ2n) is 4.39. The van der Waals surface area contributed by atoms with E-state index in [4.69, 9.17) is 5.11 Å². The fraction of sp³-hybridized carbons (Fsp3) is 0.538. The van der Waals surface area contributed by atoms with Gasteiger partial charge >= 0.3 is 5.97 Å². The van der Waals surface area contributed by atoms with Gasteiger partial charge in [0, 0.05) is 18.3 Å². The largest absolute Gasteiger partial charge is 0.481 e. The van der Waals surface area contributed by atoms with Gasteiger partial charge in [0.1, 0.15) is 5.82 Å². The van der Waals surface area contributed by atoms with Gasteiger partial charge in [-0.1, -0.05) is 6.92 Å². The second-order valence-corrected chi connectivity index (χ2v) is 4.39. The molecule has 0 saturated heterocycles. The van der Waals surface area contributed by atoms with Crippen LogP contribution in [-0.2, 0) is 4.79 Å². The first-order valence-electron chi connectivity index (χ1n) is 6.03. The standard InChI is InChI=1S/C13H19FN2O2/c1-4-16(9(2)5-13(17)18)10(3)11-6-12(14)8-15-7-11/h6-10H,4-5H2,1-3H3,(H,17,18). The maximum absolute atomic E-state index is 13.1. The summed E-state index contributed by atoms with van der Waals surface area (Å²) in [6.45, 7) is 6.45. The highest BCUT2D eigenvalue weighted by atomic mass is 19.1. The molecule has 0 spiro atoms. The van der Waals surface area contributed by atoms with Gasteiger partial charge in [-0.05, 0) is 32.0 Å². The number of hydrogen-bond acceptors (Lipinski definition) is 3. The molecule has 4 nitrogen and oxygen atoms in total. The summed E-state index contributed by atoms with van der Waals surface area (Å²) in [4.78, 5) is 16.6. The van der Waals surface area contributed by atoms with Crippen molar-refractivity contribution in [2.45, 2.75) is 39.3 Å². The maximum Gasteiger partial charge on any atom is 0.304 e. The highest BCUT2D eigenvalue weighted by Crippen LogP contribution is 2.23. The molecule has 2 unspecified atom stereocenters. The zero-order valence-electron chi connectivity index (χ0n) is 10.9. The van der Waals surface area contributed by atoms with Gasteiger partial charge in [0.25, 0.3) is 0 Å². The number of hydrogen-bond donors (Lipinski definition) is 1. The summed E-state index contributed by atoms with van der Waals surface area (Å²) in [5, 5.41) is 8.83. The van der Waals surface area contributed by atoms with Crippen molar-refractivity contribution >= 4 is 5.97 Å². The summed E-state index contributed by atoms with van der Waals surface area (Å²) >= 11 is 0. The lowest BCUT2D eigenvalue weighted by molar-refractivity contribution is -0.138. The van der Waals surface area contributed by atoms with Crippen LogP contribution in [0.15, 0.2) is 18.5 Å². The monoisotopic (exact) mass is 254 g/mol. The first-order valence-corrected chi connectivity index (χ1v) is 6.03. The molecule has 0 aliphatic heterocycles. The van der Waals surface area contributed by atoms with Crippen LogP contribution in [0.4, 0.5) is 4.39 Å². The number of pyridine rings is 1. The van der Waals surface area contributed by atoms with Crippen molar-refractivity contribution in [3.05, 3.63) is 29.8 Å². The zero-order chi connectivity index (χ0) is 13.7. The molecule has 1 aromatic rings. The maximum atomic E-state index is 13.1. The van der Waals surface area contributed by atoms with Crippen LogP contribution in [0.5, 0.6) is 0 Å². The lowest BCUT2D eigenvalue weighted by Gasteiger charge is -2.33. The van der Waals surface area contributed by atoms with Crippen LogP contribution >= 0.6 is 0 Å². The summed E-state index contributed by atoms with van der Waals surface area (Å²) in [5.41, 5.74) is 0.758. The number of carbonyl (C=O) groups is 1. The first kappa shape index (κ1) is 14.6. The van der Waals surface area contributed by atoms with Crippen LogP contribution in [0.1, 0.15) is 38.8 Å². The van der Waals surface area contributed by atoms with E-state index in [1.54, 1.807) is 6.20 Å². The third-order valence-corrected chi connectivity index (χ3v) is 3.11. The molecular weight excluding hydrogens is 235 g/mol. The summed E-state index contributed by atoms with van der Waals surface area (Å²) in [6.07, 6.45) is 2.85. The van der Waals surface area contributed by atoms with Crippen molar-refractivity contribution in [1.29, 1.82) is 0 Å². The van der Waals surface area contributed by atoms with Gasteiger partial charge in [-0.25, -0.2) is 4.39 Å². The van der Waals surface area contributed by atoms with Crippen LogP contribution < -0.4 is 0 Å². The normalized spacial score (nSPS) is 14.5. The van der Waals surface area contributed by atoms with Crippen LogP contribution in [-0.4, -0.2) is 33.5 Å². The fourth-order valence-corrected chi connectivity index (χ4v) is 2.19. The number of carboxylic acid groups (broad SMARTS) is 1. The molecule has 1 heterocycles. The van der Waals surface area contributed by atoms with Gasteiger partial charge in [0.2, 0.25) is 0 Å². The van der Waals surface area contributed by atoms with Crippen molar-refractivity contribution in [2.75, 3.05) is 6.54 Å². The molecule has 0 aliphatic rings. The van der Waals surface area contributed by atoms with E-state index in [1.807, 2.05) is 25.7 Å². The Morgan fingerprint density at radius 3 is 2.67 bits per heavy atom. The third kappa shape index (κ3) is 3.77. The van der Waals surface area contributed by atoms with E-state index < -0.39 is 5.97 Å². The summed E-state index contributed by atoms with van der Waals surface area (Å²) in [6, 6.07) is 1.27. The molecule has 0 bridgehead atoms. The van der Waals surface area contributed by atoms with Crippen LogP contribution in [0, 0.1) is 5.82 Å². The highest BCUT2D eigenvalue weighted by Gasteiger charge is 2.22. The predicted molar refractivity (Wildman–Crippen MR) is 66.7 cm³/mol. The van der Waals surface area contributed by atoms with Gasteiger partial charge < -0.3 is 5.11 Å². The number of carboxylic acids is 1. The smallest absolute Gasteiger partial charge is 0.304 e. The molecule has 100 valence electrons. The van der Waals surface area contributed by atoms with Crippen LogP contribution in [0.3, 0.4) is 0 Å². The van der Waals surface area contributed by atoms with Crippen LogP contribution in [0.25, 0.3) is 0 Å². The lowest BCUT2D eigenvalue weighted by atomic mass is 10.1. The molecule has 5 heteroatoms. The molecule has 18 heavy (non-hydrogen) atoms. The summed E-state index contributed by atoms with van der Waals surface area (Å²) in [5.74, 6) is -1.20. The molecule has 1 rings (SSSR count). The lowest BCUT2D eigenvalue weighted by Crippen LogP contribution is -2.36. The van der Waals surface area contributed by atoms with Gasteiger partial charge in [-0.2, -0.15) is 0 Å². The van der Waals surface area contributed by atoms with Crippen molar-refractivity contribution < 1.29 is 14.3 Å². The minimum absolute atomic E-state index is 0.0625. The minimum Gasteiger partial charge on any atom is -0.481 e. The number of halogens is 1. The Morgan fingerprint density at radius 1 is 1.50 bits per heavy atom. The minimum atomic E-state index is -0.828. The van der Waals surface area contributed by atoms with E-state index in [1.165, 1.54) is 6.07 Å². The van der Waals surface area contributed by atoms with E-state index in [-0.39, 0.29) is 24.3 Å². The molecule has 0 aliphatic carbocycles. The Morgan fingerprint density at radius 2 is 2.17 bits per heavy atom. The topological polar surface area (TPSA) is 53.4 Å². The molecular formula is C13H19FN2O2. The van der Waals surface area contributed by atoms with Crippen molar-refractivity contribution in [2.24, 2.45) is 0 Å². The number of aromatic nitrogens is 1. The van der Waals surface area contributed by atoms with Crippen LogP contribution in [0.2, 0.25) is 0 Å². The zero-order valence-corrected chi connectivity index (χ0v) is 10.9. The molecule has 0 amide bonds. The Balaban J connectivity index is 2.84. The Kier molecular flexibility index (Phi) is 5.22. The number of aliphatic carboxylic acids is 1. The van der Waals surface area contributed by atoms with E-state index >= 15 is 0 Å². The predicted octanol–water partition coefficient (Wildman–Crippen LogP) is 2.47. The van der Waals surface area contributed by atoms with Gasteiger partial charge in [0.05, 0.1) is 12.6 Å². The molecule has 0 aromatic carbocycles. The van der Waals surface area contributed by atoms with Crippen molar-refractivity contribution in [3.63, 3.8) is 0 Å². The van der Waals surface area contributed by atoms with E-state index in [0.717, 1.165) is 11.8 Å². The molecule has 0 radical (unpaired) electrons. The molecule has 0 fully saturated rings. The SMILES string of the molecule is CCN(C(C)CC(=O)O)C(C)c1cncc(F)c1. The molecule has 1 N–H and O–H groups in total. The van der Waals surface area contributed by atoms with E-state index in [9.17, 15) is 9.18 Å². The summed E-state index contributed by atoms with van der Waals surface area (Å²) in [7, 11) is 0. The average molecular weight is 254 g/mol. The molecule has 2 atom stereocenters. The summed E-state index contributed by atoms with van der Waals surface area (Å²) < 4.78 is 13.1. The molecule has 1 aromatic heterocycles. The first-order chi connectivity index (χ1) is 8.45. The average Bonchev–Trinajstić information content (AvgIpc) is 2.28. The van der Waals surface area contributed by atoms with Crippen molar-refractivity contribution in [3.8, 4) is 0 Å². The Hall–Kier alpha value is -1.49. The van der Waals surface area contributed by atoms with Gasteiger partial charge in [0.15, 0.2) is 0 Å². The van der Waals surface area contributed by atoms with E-state index in [2.05, 4.69) is 4.98 Å². The second kappa shape index (κ2) is 6.44. The van der Waals surface area contributed by atoms with Crippen molar-refractivity contribution in [1.82, 2.24) is 9.88 Å².